The molecule has 0 aliphatic heterocycles. The van der Waals surface area contributed by atoms with E-state index in [1.807, 2.05) is 13.0 Å². The highest BCUT2D eigenvalue weighted by Gasteiger charge is 2.28. The molecule has 3 N–H and O–H groups in total. The molecule has 0 fully saturated rings. The molecule has 0 heterocycles. The van der Waals surface area contributed by atoms with Crippen LogP contribution in [-0.4, -0.2) is 71.9 Å². The largest absolute Gasteiger partial charge is 0.491 e. The average Bonchev–Trinajstić information content (AvgIpc) is 3.23. The van der Waals surface area contributed by atoms with Crippen LogP contribution in [0, 0.1) is 24.2 Å². The monoisotopic (exact) mass is 836 g/mol. The van der Waals surface area contributed by atoms with E-state index in [9.17, 15) is 32.9 Å². The van der Waals surface area contributed by atoms with E-state index >= 15 is 0 Å². The minimum Gasteiger partial charge on any atom is -0.491 e. The molecule has 16 heteroatoms. The lowest BCUT2D eigenvalue weighted by molar-refractivity contribution is -0.119. The van der Waals surface area contributed by atoms with Gasteiger partial charge in [0.1, 0.15) is 25.4 Å². The molecule has 0 bridgehead atoms. The third-order valence-electron chi connectivity index (χ3n) is 8.54. The summed E-state index contributed by atoms with van der Waals surface area (Å²) in [6, 6.07) is 19.5. The lowest BCUT2D eigenvalue weighted by atomic mass is 10.1. The first kappa shape index (κ1) is 45.3. The number of anilines is 3. The summed E-state index contributed by atoms with van der Waals surface area (Å²) < 4.78 is 54.0. The van der Waals surface area contributed by atoms with Crippen molar-refractivity contribution in [2.75, 3.05) is 55.7 Å². The van der Waals surface area contributed by atoms with Crippen LogP contribution in [0.5, 0.6) is 23.0 Å². The molecule has 60 heavy (non-hydrogen) atoms. The summed E-state index contributed by atoms with van der Waals surface area (Å²) >= 11 is 0. The molecule has 4 aromatic rings. The van der Waals surface area contributed by atoms with Crippen molar-refractivity contribution in [1.29, 1.82) is 5.26 Å². The van der Waals surface area contributed by atoms with E-state index in [4.69, 9.17) is 23.7 Å². The Morgan fingerprint density at radius 2 is 1.23 bits per heavy atom. The zero-order valence-corrected chi connectivity index (χ0v) is 34.1. The maximum absolute atomic E-state index is 13.9. The molecule has 0 aliphatic carbocycles. The number of carbonyl (C=O) groups is 4. The fourth-order valence-electron chi connectivity index (χ4n) is 5.63. The fourth-order valence-corrected chi connectivity index (χ4v) is 7.17. The Morgan fingerprint density at radius 3 is 1.77 bits per heavy atom. The predicted octanol–water partition coefficient (Wildman–Crippen LogP) is 6.93. The second-order valence-electron chi connectivity index (χ2n) is 12.8. The number of esters is 1. The zero-order valence-electron chi connectivity index (χ0n) is 33.2. The molecule has 0 saturated carbocycles. The van der Waals surface area contributed by atoms with Crippen molar-refractivity contribution in [3.63, 3.8) is 0 Å². The Balaban J connectivity index is 1.55. The van der Waals surface area contributed by atoms with Crippen molar-refractivity contribution >= 4 is 50.6 Å². The molecule has 1 atom stereocenters. The van der Waals surface area contributed by atoms with Crippen LogP contribution in [-0.2, 0) is 19.4 Å². The topological polar surface area (TPSA) is 208 Å². The molecule has 0 aromatic heterocycles. The van der Waals surface area contributed by atoms with Crippen LogP contribution in [0.4, 0.5) is 17.1 Å². The van der Waals surface area contributed by atoms with E-state index in [0.29, 0.717) is 0 Å². The Morgan fingerprint density at radius 1 is 0.700 bits per heavy atom. The van der Waals surface area contributed by atoms with Gasteiger partial charge in [-0.15, -0.1) is 0 Å². The molecular formula is C44H44N4O11S. The van der Waals surface area contributed by atoms with Crippen LogP contribution in [0.3, 0.4) is 0 Å². The molecule has 0 aliphatic rings. The van der Waals surface area contributed by atoms with Gasteiger partial charge in [-0.1, -0.05) is 55.7 Å². The van der Waals surface area contributed by atoms with E-state index in [-0.39, 0.29) is 87.9 Å². The highest BCUT2D eigenvalue weighted by Crippen LogP contribution is 2.42. The van der Waals surface area contributed by atoms with Crippen LogP contribution in [0.15, 0.2) is 116 Å². The van der Waals surface area contributed by atoms with E-state index < -0.39 is 45.2 Å². The third kappa shape index (κ3) is 11.4. The number of ether oxygens (including phenoxy) is 5. The molecule has 3 amide bonds. The number of nitrogens with zero attached hydrogens (tertiary/aromatic N) is 1. The van der Waals surface area contributed by atoms with Crippen molar-refractivity contribution in [1.82, 2.24) is 0 Å². The van der Waals surface area contributed by atoms with Crippen molar-refractivity contribution < 1.29 is 51.3 Å². The average molecular weight is 837 g/mol. The van der Waals surface area contributed by atoms with E-state index in [2.05, 4.69) is 35.7 Å². The highest BCUT2D eigenvalue weighted by molar-refractivity contribution is 7.91. The number of nitriles is 1. The number of benzene rings is 4. The minimum absolute atomic E-state index is 0.00163. The number of carbonyl (C=O) groups excluding carboxylic acids is 4. The summed E-state index contributed by atoms with van der Waals surface area (Å²) in [5.74, 6) is -4.37. The number of aryl methyl sites for hydroxylation is 1. The quantitative estimate of drug-likeness (QED) is 0.0577. The molecule has 0 saturated heterocycles. The van der Waals surface area contributed by atoms with Gasteiger partial charge in [0.25, 0.3) is 11.8 Å². The van der Waals surface area contributed by atoms with Crippen molar-refractivity contribution in [3.05, 3.63) is 133 Å². The summed E-state index contributed by atoms with van der Waals surface area (Å²) in [4.78, 5) is 53.3. The van der Waals surface area contributed by atoms with Crippen LogP contribution in [0.25, 0.3) is 0 Å². The van der Waals surface area contributed by atoms with Gasteiger partial charge in [-0.25, -0.2) is 13.2 Å². The van der Waals surface area contributed by atoms with Crippen LogP contribution in [0.2, 0.25) is 0 Å². The standard InChI is InChI=1S/C44H44N4O11S/c1-7-24-57-37-33(43(51)48-36-21-19-34(44(52)59-26-9-3)38(40(36)56-6)58-25-8-2)18-20-35(39(37)55-5)47-41(49)29-12-14-31(15-13-29)46-42(50)30(22-23-45)27-60(53,54)32-16-10-28(4)11-17-32/h7-21,30H,1-3,22,24-27H2,4-6H3,(H,46,50)(H,47,49)(H,48,51)/t30-/m1/s1. The SMILES string of the molecule is C=CCOC(=O)c1ccc(NC(=O)c2ccc(NC(=O)c3ccc(NC(=O)[C@H](CC#N)CS(=O)(=O)c4ccc(C)cc4)cc3)c(OC)c2OCC=C)c(OC)c1OCC=C. The van der Waals surface area contributed by atoms with Gasteiger partial charge in [-0.05, 0) is 67.6 Å². The molecule has 0 spiro atoms. The maximum atomic E-state index is 13.9. The van der Waals surface area contributed by atoms with Crippen LogP contribution < -0.4 is 34.9 Å². The summed E-state index contributed by atoms with van der Waals surface area (Å²) in [5.41, 5.74) is 1.62. The summed E-state index contributed by atoms with van der Waals surface area (Å²) in [5, 5.41) is 17.5. The molecule has 4 aromatic carbocycles. The molecule has 4 rings (SSSR count). The first-order chi connectivity index (χ1) is 28.8. The number of rotatable bonds is 21. The first-order valence-electron chi connectivity index (χ1n) is 18.2. The first-order valence-corrected chi connectivity index (χ1v) is 19.8. The Labute approximate surface area is 348 Å². The number of methoxy groups -OCH3 is 2. The molecule has 0 unspecified atom stereocenters. The number of nitrogens with one attached hydrogen (secondary N) is 3. The summed E-state index contributed by atoms with van der Waals surface area (Å²) in [7, 11) is -1.21. The van der Waals surface area contributed by atoms with Gasteiger partial charge in [0.05, 0.1) is 53.8 Å². The minimum atomic E-state index is -3.87. The molecular weight excluding hydrogens is 793 g/mol. The van der Waals surface area contributed by atoms with Crippen molar-refractivity contribution in [3.8, 4) is 29.1 Å². The van der Waals surface area contributed by atoms with Gasteiger partial charge in [0, 0.05) is 17.7 Å². The lowest BCUT2D eigenvalue weighted by Crippen LogP contribution is -2.29. The molecule has 312 valence electrons. The van der Waals surface area contributed by atoms with Gasteiger partial charge in [0.15, 0.2) is 32.8 Å². The van der Waals surface area contributed by atoms with Gasteiger partial charge < -0.3 is 39.6 Å². The number of hydrogen-bond acceptors (Lipinski definition) is 12. The second kappa shape index (κ2) is 21.4. The fraction of sp³-hybridized carbons (Fsp3) is 0.205. The lowest BCUT2D eigenvalue weighted by Gasteiger charge is -2.20. The highest BCUT2D eigenvalue weighted by atomic mass is 32.2. The van der Waals surface area contributed by atoms with Crippen LogP contribution >= 0.6 is 0 Å². The number of amides is 3. The molecule has 15 nitrogen and oxygen atoms in total. The maximum Gasteiger partial charge on any atom is 0.342 e. The van der Waals surface area contributed by atoms with Crippen molar-refractivity contribution in [2.24, 2.45) is 5.92 Å². The Hall–Kier alpha value is -7.38. The zero-order chi connectivity index (χ0) is 43.8. The van der Waals surface area contributed by atoms with Gasteiger partial charge >= 0.3 is 5.97 Å². The predicted molar refractivity (Wildman–Crippen MR) is 226 cm³/mol. The normalized spacial score (nSPS) is 11.1. The Bertz CT molecular complexity index is 2410. The van der Waals surface area contributed by atoms with E-state index in [1.54, 1.807) is 12.1 Å². The van der Waals surface area contributed by atoms with Crippen molar-refractivity contribution in [2.45, 2.75) is 18.2 Å². The van der Waals surface area contributed by atoms with Gasteiger partial charge in [0.2, 0.25) is 5.91 Å². The second-order valence-corrected chi connectivity index (χ2v) is 14.8. The van der Waals surface area contributed by atoms with E-state index in [1.165, 1.54) is 93.1 Å². The summed E-state index contributed by atoms with van der Waals surface area (Å²) in [6.45, 7) is 12.6. The third-order valence-corrected chi connectivity index (χ3v) is 10.4. The Kier molecular flexibility index (Phi) is 16.2. The number of sulfone groups is 1. The van der Waals surface area contributed by atoms with Gasteiger partial charge in [-0.2, -0.15) is 5.26 Å². The van der Waals surface area contributed by atoms with E-state index in [0.717, 1.165) is 5.56 Å². The molecule has 0 radical (unpaired) electrons. The summed E-state index contributed by atoms with van der Waals surface area (Å²) in [6.07, 6.45) is 4.00. The van der Waals surface area contributed by atoms with Crippen LogP contribution in [0.1, 0.15) is 43.1 Å². The smallest absolute Gasteiger partial charge is 0.342 e. The number of hydrogen-bond donors (Lipinski definition) is 3. The van der Waals surface area contributed by atoms with Gasteiger partial charge in [-0.3, -0.25) is 14.4 Å².